The molecule has 1 aromatic heterocycles. The van der Waals surface area contributed by atoms with Crippen LogP contribution in [0.2, 0.25) is 0 Å². The Kier molecular flexibility index (Phi) is 3.87. The molecule has 1 aliphatic heterocycles. The molecule has 1 saturated heterocycles. The first kappa shape index (κ1) is 15.6. The molecule has 2 heterocycles. The summed E-state index contributed by atoms with van der Waals surface area (Å²) in [6.07, 6.45) is 1.44. The van der Waals surface area contributed by atoms with Crippen molar-refractivity contribution in [1.29, 1.82) is 0 Å². The minimum Gasteiger partial charge on any atom is -0.338 e. The van der Waals surface area contributed by atoms with Crippen LogP contribution in [0.1, 0.15) is 24.0 Å². The third-order valence-corrected chi connectivity index (χ3v) is 4.67. The molecule has 25 heavy (non-hydrogen) atoms. The molecular weight excluding hydrogens is 321 g/mol. The van der Waals surface area contributed by atoms with Gasteiger partial charge in [0.1, 0.15) is 5.82 Å². The number of para-hydroxylation sites is 2. The molecule has 4 rings (SSSR count). The number of hydrogen-bond acceptors (Lipinski definition) is 2. The van der Waals surface area contributed by atoms with Crippen LogP contribution in [0.25, 0.3) is 11.0 Å². The molecule has 0 bridgehead atoms. The standard InChI is InChI=1S/C19H18FN3O2/c20-15-10-13(11-22-9-3-6-18(22)24)7-8-14(15)12-23-17-5-2-1-4-16(17)21-19(23)25/h1-2,4-5,7-8,10H,3,6,9,11-12H2,(H,21,25). The second-order valence-electron chi connectivity index (χ2n) is 6.38. The van der Waals surface area contributed by atoms with E-state index in [1.807, 2.05) is 30.3 Å². The van der Waals surface area contributed by atoms with Crippen LogP contribution in [0.3, 0.4) is 0 Å². The molecule has 5 nitrogen and oxygen atoms in total. The molecule has 2 aromatic carbocycles. The van der Waals surface area contributed by atoms with Crippen LogP contribution in [0.5, 0.6) is 0 Å². The molecule has 1 amide bonds. The average molecular weight is 339 g/mol. The van der Waals surface area contributed by atoms with Gasteiger partial charge in [-0.2, -0.15) is 0 Å². The number of fused-ring (bicyclic) bond motifs is 1. The lowest BCUT2D eigenvalue weighted by Crippen LogP contribution is -2.24. The van der Waals surface area contributed by atoms with Crippen LogP contribution < -0.4 is 5.69 Å². The number of amides is 1. The van der Waals surface area contributed by atoms with Crippen molar-refractivity contribution in [3.63, 3.8) is 0 Å². The minimum atomic E-state index is -0.360. The van der Waals surface area contributed by atoms with Gasteiger partial charge in [0, 0.05) is 25.1 Å². The number of halogens is 1. The van der Waals surface area contributed by atoms with Crippen molar-refractivity contribution in [2.45, 2.75) is 25.9 Å². The zero-order valence-corrected chi connectivity index (χ0v) is 13.7. The summed E-state index contributed by atoms with van der Waals surface area (Å²) in [5.41, 5.74) is 2.44. The van der Waals surface area contributed by atoms with Crippen LogP contribution in [0.15, 0.2) is 47.3 Å². The fourth-order valence-electron chi connectivity index (χ4n) is 3.34. The Morgan fingerprint density at radius 2 is 1.92 bits per heavy atom. The van der Waals surface area contributed by atoms with E-state index in [0.717, 1.165) is 29.6 Å². The smallest absolute Gasteiger partial charge is 0.326 e. The minimum absolute atomic E-state index is 0.120. The highest BCUT2D eigenvalue weighted by Crippen LogP contribution is 2.18. The molecule has 128 valence electrons. The van der Waals surface area contributed by atoms with Crippen LogP contribution >= 0.6 is 0 Å². The molecule has 0 unspecified atom stereocenters. The summed E-state index contributed by atoms with van der Waals surface area (Å²) in [5, 5.41) is 0. The predicted molar refractivity (Wildman–Crippen MR) is 92.7 cm³/mol. The van der Waals surface area contributed by atoms with Crippen LogP contribution in [-0.4, -0.2) is 26.9 Å². The van der Waals surface area contributed by atoms with Crippen molar-refractivity contribution >= 4 is 16.9 Å². The van der Waals surface area contributed by atoms with Gasteiger partial charge in [-0.05, 0) is 30.2 Å². The first-order chi connectivity index (χ1) is 12.1. The van der Waals surface area contributed by atoms with Crippen LogP contribution in [-0.2, 0) is 17.9 Å². The monoisotopic (exact) mass is 339 g/mol. The molecule has 0 atom stereocenters. The maximum atomic E-state index is 14.5. The SMILES string of the molecule is O=C1CCCN1Cc1ccc(Cn2c(=O)[nH]c3ccccc32)c(F)c1. The number of hydrogen-bond donors (Lipinski definition) is 1. The lowest BCUT2D eigenvalue weighted by molar-refractivity contribution is -0.128. The second-order valence-corrected chi connectivity index (χ2v) is 6.38. The van der Waals surface area contributed by atoms with E-state index in [0.29, 0.717) is 18.5 Å². The van der Waals surface area contributed by atoms with E-state index in [1.165, 1.54) is 10.6 Å². The molecule has 1 aliphatic rings. The van der Waals surface area contributed by atoms with Gasteiger partial charge in [0.2, 0.25) is 5.91 Å². The van der Waals surface area contributed by atoms with Crippen molar-refractivity contribution in [2.75, 3.05) is 6.54 Å². The van der Waals surface area contributed by atoms with Gasteiger partial charge in [-0.3, -0.25) is 9.36 Å². The molecule has 0 saturated carbocycles. The Hall–Kier alpha value is -2.89. The van der Waals surface area contributed by atoms with Gasteiger partial charge in [0.25, 0.3) is 0 Å². The molecule has 1 N–H and O–H groups in total. The number of aromatic amines is 1. The van der Waals surface area contributed by atoms with Gasteiger partial charge in [0.05, 0.1) is 17.6 Å². The van der Waals surface area contributed by atoms with Gasteiger partial charge < -0.3 is 9.88 Å². The van der Waals surface area contributed by atoms with E-state index in [-0.39, 0.29) is 24.0 Å². The number of imidazole rings is 1. The molecular formula is C19H18FN3O2. The molecule has 3 aromatic rings. The Labute approximate surface area is 143 Å². The van der Waals surface area contributed by atoms with Gasteiger partial charge in [-0.1, -0.05) is 24.3 Å². The van der Waals surface area contributed by atoms with Gasteiger partial charge in [0.15, 0.2) is 0 Å². The zero-order valence-electron chi connectivity index (χ0n) is 13.7. The predicted octanol–water partition coefficient (Wildman–Crippen LogP) is 2.64. The summed E-state index contributed by atoms with van der Waals surface area (Å²) in [7, 11) is 0. The third-order valence-electron chi connectivity index (χ3n) is 4.67. The first-order valence-corrected chi connectivity index (χ1v) is 8.34. The Morgan fingerprint density at radius 1 is 1.08 bits per heavy atom. The van der Waals surface area contributed by atoms with Crippen molar-refractivity contribution in [2.24, 2.45) is 0 Å². The Bertz CT molecular complexity index is 1010. The summed E-state index contributed by atoms with van der Waals surface area (Å²) in [5.74, 6) is -0.240. The molecule has 0 aliphatic carbocycles. The fourth-order valence-corrected chi connectivity index (χ4v) is 3.34. The number of nitrogens with zero attached hydrogens (tertiary/aromatic N) is 2. The Morgan fingerprint density at radius 3 is 2.68 bits per heavy atom. The maximum Gasteiger partial charge on any atom is 0.326 e. The average Bonchev–Trinajstić information content (AvgIpc) is 3.13. The maximum absolute atomic E-state index is 14.5. The largest absolute Gasteiger partial charge is 0.338 e. The summed E-state index contributed by atoms with van der Waals surface area (Å²) in [6, 6.07) is 12.3. The third kappa shape index (κ3) is 2.95. The number of carbonyl (C=O) groups excluding carboxylic acids is 1. The quantitative estimate of drug-likeness (QED) is 0.794. The highest BCUT2D eigenvalue weighted by molar-refractivity contribution is 5.78. The second kappa shape index (κ2) is 6.20. The van der Waals surface area contributed by atoms with E-state index in [4.69, 9.17) is 0 Å². The van der Waals surface area contributed by atoms with E-state index in [9.17, 15) is 14.0 Å². The zero-order chi connectivity index (χ0) is 17.4. The first-order valence-electron chi connectivity index (χ1n) is 8.34. The number of benzene rings is 2. The summed E-state index contributed by atoms with van der Waals surface area (Å²) in [6.45, 7) is 1.33. The number of H-pyrrole nitrogens is 1. The highest BCUT2D eigenvalue weighted by atomic mass is 19.1. The summed E-state index contributed by atoms with van der Waals surface area (Å²) < 4.78 is 16.0. The topological polar surface area (TPSA) is 58.1 Å². The molecule has 0 spiro atoms. The summed E-state index contributed by atoms with van der Waals surface area (Å²) >= 11 is 0. The number of nitrogens with one attached hydrogen (secondary N) is 1. The number of aromatic nitrogens is 2. The number of rotatable bonds is 4. The van der Waals surface area contributed by atoms with E-state index < -0.39 is 0 Å². The molecule has 6 heteroatoms. The lowest BCUT2D eigenvalue weighted by Gasteiger charge is -2.16. The fraction of sp³-hybridized carbons (Fsp3) is 0.263. The lowest BCUT2D eigenvalue weighted by atomic mass is 10.1. The Balaban J connectivity index is 1.59. The molecule has 1 fully saturated rings. The normalized spacial score (nSPS) is 14.6. The van der Waals surface area contributed by atoms with Crippen molar-refractivity contribution < 1.29 is 9.18 Å². The van der Waals surface area contributed by atoms with Gasteiger partial charge in [-0.15, -0.1) is 0 Å². The highest BCUT2D eigenvalue weighted by Gasteiger charge is 2.20. The summed E-state index contributed by atoms with van der Waals surface area (Å²) in [4.78, 5) is 28.3. The van der Waals surface area contributed by atoms with Crippen molar-refractivity contribution in [3.05, 3.63) is 69.9 Å². The van der Waals surface area contributed by atoms with Crippen LogP contribution in [0, 0.1) is 5.82 Å². The van der Waals surface area contributed by atoms with Crippen molar-refractivity contribution in [3.8, 4) is 0 Å². The van der Waals surface area contributed by atoms with E-state index >= 15 is 0 Å². The van der Waals surface area contributed by atoms with E-state index in [1.54, 1.807) is 11.0 Å². The molecule has 0 radical (unpaired) electrons. The number of carbonyl (C=O) groups is 1. The van der Waals surface area contributed by atoms with Crippen molar-refractivity contribution in [1.82, 2.24) is 14.5 Å². The van der Waals surface area contributed by atoms with Gasteiger partial charge in [-0.25, -0.2) is 9.18 Å². The van der Waals surface area contributed by atoms with Gasteiger partial charge >= 0.3 is 5.69 Å². The van der Waals surface area contributed by atoms with E-state index in [2.05, 4.69) is 4.98 Å². The van der Waals surface area contributed by atoms with Crippen LogP contribution in [0.4, 0.5) is 4.39 Å². The number of likely N-dealkylation sites (tertiary alicyclic amines) is 1.